The first kappa shape index (κ1) is 17.4. The van der Waals surface area contributed by atoms with E-state index in [0.717, 1.165) is 12.8 Å². The second-order valence-electron chi connectivity index (χ2n) is 6.52. The molecule has 0 bridgehead atoms. The van der Waals surface area contributed by atoms with Crippen molar-refractivity contribution in [2.45, 2.75) is 58.5 Å². The first-order chi connectivity index (χ1) is 9.30. The Balaban J connectivity index is 2.14. The number of rotatable bonds is 7. The Labute approximate surface area is 128 Å². The number of thiocarbonyl (C=S) groups is 1. The highest BCUT2D eigenvalue weighted by Crippen LogP contribution is 2.36. The molecule has 0 radical (unpaired) electrons. The molecule has 1 rings (SSSR count). The molecule has 0 aliphatic heterocycles. The molecule has 0 spiro atoms. The standard InChI is InChI=1S/C15H28N2O2S/c1-15(2)8-4-12(5-9-15)19-11-7-14(18)17(3)10-6-13(16)20/h12H,4-11H2,1-3H3,(H2,16,20). The van der Waals surface area contributed by atoms with Crippen molar-refractivity contribution < 1.29 is 9.53 Å². The minimum absolute atomic E-state index is 0.0948. The van der Waals surface area contributed by atoms with E-state index >= 15 is 0 Å². The fraction of sp³-hybridized carbons (Fsp3) is 0.867. The maximum atomic E-state index is 11.9. The summed E-state index contributed by atoms with van der Waals surface area (Å²) in [5, 5.41) is 0. The fourth-order valence-corrected chi connectivity index (χ4v) is 2.54. The van der Waals surface area contributed by atoms with E-state index in [1.807, 2.05) is 0 Å². The highest BCUT2D eigenvalue weighted by Gasteiger charge is 2.27. The summed E-state index contributed by atoms with van der Waals surface area (Å²) >= 11 is 4.81. The van der Waals surface area contributed by atoms with Gasteiger partial charge in [-0.1, -0.05) is 26.1 Å². The molecule has 0 heterocycles. The van der Waals surface area contributed by atoms with Crippen LogP contribution in [0.15, 0.2) is 0 Å². The number of amides is 1. The summed E-state index contributed by atoms with van der Waals surface area (Å²) in [5.74, 6) is 0.0948. The summed E-state index contributed by atoms with van der Waals surface area (Å²) in [4.78, 5) is 14.0. The van der Waals surface area contributed by atoms with Gasteiger partial charge in [-0.05, 0) is 31.1 Å². The second-order valence-corrected chi connectivity index (χ2v) is 7.04. The SMILES string of the molecule is CN(CCC(N)=S)C(=O)CCOC1CCC(C)(C)CC1. The minimum atomic E-state index is 0.0948. The molecule has 5 heteroatoms. The van der Waals surface area contributed by atoms with Crippen LogP contribution < -0.4 is 5.73 Å². The zero-order valence-electron chi connectivity index (χ0n) is 13.0. The Bertz CT molecular complexity index is 335. The molecule has 1 saturated carbocycles. The summed E-state index contributed by atoms with van der Waals surface area (Å²) in [7, 11) is 1.78. The molecule has 4 nitrogen and oxygen atoms in total. The molecule has 1 aliphatic carbocycles. The van der Waals surface area contributed by atoms with Crippen molar-refractivity contribution in [3.63, 3.8) is 0 Å². The van der Waals surface area contributed by atoms with Crippen LogP contribution in [0.3, 0.4) is 0 Å². The molecule has 1 amide bonds. The molecule has 0 aromatic rings. The number of carbonyl (C=O) groups excluding carboxylic acids is 1. The monoisotopic (exact) mass is 300 g/mol. The normalized spacial score (nSPS) is 18.8. The zero-order valence-corrected chi connectivity index (χ0v) is 13.8. The Morgan fingerprint density at radius 2 is 1.95 bits per heavy atom. The summed E-state index contributed by atoms with van der Waals surface area (Å²) in [6, 6.07) is 0. The van der Waals surface area contributed by atoms with Gasteiger partial charge in [0.2, 0.25) is 5.91 Å². The van der Waals surface area contributed by atoms with Gasteiger partial charge in [0, 0.05) is 20.0 Å². The fourth-order valence-electron chi connectivity index (χ4n) is 2.45. The van der Waals surface area contributed by atoms with Crippen LogP contribution in [-0.2, 0) is 9.53 Å². The van der Waals surface area contributed by atoms with Crippen molar-refractivity contribution in [2.75, 3.05) is 20.2 Å². The van der Waals surface area contributed by atoms with E-state index in [1.54, 1.807) is 11.9 Å². The van der Waals surface area contributed by atoms with Crippen LogP contribution in [0, 0.1) is 5.41 Å². The summed E-state index contributed by atoms with van der Waals surface area (Å²) < 4.78 is 5.82. The number of nitrogens with zero attached hydrogens (tertiary/aromatic N) is 1. The van der Waals surface area contributed by atoms with E-state index in [0.29, 0.717) is 42.5 Å². The van der Waals surface area contributed by atoms with Gasteiger partial charge in [-0.15, -0.1) is 0 Å². The average molecular weight is 300 g/mol. The van der Waals surface area contributed by atoms with Crippen molar-refractivity contribution in [2.24, 2.45) is 11.1 Å². The topological polar surface area (TPSA) is 55.6 Å². The molecule has 0 aromatic heterocycles. The summed E-state index contributed by atoms with van der Waals surface area (Å²) in [6.07, 6.45) is 5.98. The predicted octanol–water partition coefficient (Wildman–Crippen LogP) is 2.50. The van der Waals surface area contributed by atoms with E-state index < -0.39 is 0 Å². The summed E-state index contributed by atoms with van der Waals surface area (Å²) in [5.41, 5.74) is 5.88. The molecule has 1 aliphatic rings. The van der Waals surface area contributed by atoms with E-state index in [2.05, 4.69) is 13.8 Å². The third-order valence-electron chi connectivity index (χ3n) is 4.08. The van der Waals surface area contributed by atoms with Crippen molar-refractivity contribution in [3.05, 3.63) is 0 Å². The molecular weight excluding hydrogens is 272 g/mol. The lowest BCUT2D eigenvalue weighted by Crippen LogP contribution is -2.32. The Hall–Kier alpha value is -0.680. The number of ether oxygens (including phenoxy) is 1. The van der Waals surface area contributed by atoms with Crippen LogP contribution in [0.2, 0.25) is 0 Å². The molecule has 20 heavy (non-hydrogen) atoms. The highest BCUT2D eigenvalue weighted by molar-refractivity contribution is 7.80. The quantitative estimate of drug-likeness (QED) is 0.734. The Morgan fingerprint density at radius 1 is 1.35 bits per heavy atom. The molecule has 2 N–H and O–H groups in total. The number of nitrogens with two attached hydrogens (primary N) is 1. The van der Waals surface area contributed by atoms with Crippen LogP contribution in [-0.4, -0.2) is 42.1 Å². The predicted molar refractivity (Wildman–Crippen MR) is 85.6 cm³/mol. The van der Waals surface area contributed by atoms with Gasteiger partial charge in [0.1, 0.15) is 0 Å². The molecule has 116 valence electrons. The minimum Gasteiger partial charge on any atom is -0.393 e. The van der Waals surface area contributed by atoms with E-state index in [1.165, 1.54) is 12.8 Å². The Morgan fingerprint density at radius 3 is 2.50 bits per heavy atom. The maximum absolute atomic E-state index is 11.9. The van der Waals surface area contributed by atoms with E-state index in [-0.39, 0.29) is 5.91 Å². The molecule has 0 saturated heterocycles. The van der Waals surface area contributed by atoms with Gasteiger partial charge >= 0.3 is 0 Å². The lowest BCUT2D eigenvalue weighted by atomic mass is 9.76. The lowest BCUT2D eigenvalue weighted by molar-refractivity contribution is -0.131. The van der Waals surface area contributed by atoms with Gasteiger partial charge in [0.05, 0.1) is 24.1 Å². The summed E-state index contributed by atoms with van der Waals surface area (Å²) in [6.45, 7) is 5.72. The van der Waals surface area contributed by atoms with Crippen LogP contribution >= 0.6 is 12.2 Å². The third kappa shape index (κ3) is 6.66. The largest absolute Gasteiger partial charge is 0.393 e. The van der Waals surface area contributed by atoms with Crippen LogP contribution in [0.1, 0.15) is 52.4 Å². The van der Waals surface area contributed by atoms with E-state index in [4.69, 9.17) is 22.7 Å². The van der Waals surface area contributed by atoms with Crippen molar-refractivity contribution in [1.29, 1.82) is 0 Å². The first-order valence-corrected chi connectivity index (χ1v) is 7.85. The smallest absolute Gasteiger partial charge is 0.224 e. The van der Waals surface area contributed by atoms with Crippen molar-refractivity contribution >= 4 is 23.1 Å². The van der Waals surface area contributed by atoms with Crippen molar-refractivity contribution in [3.8, 4) is 0 Å². The van der Waals surface area contributed by atoms with E-state index in [9.17, 15) is 4.79 Å². The molecule has 1 fully saturated rings. The van der Waals surface area contributed by atoms with Gasteiger partial charge in [-0.3, -0.25) is 4.79 Å². The van der Waals surface area contributed by atoms with Gasteiger partial charge in [-0.25, -0.2) is 0 Å². The number of hydrogen-bond donors (Lipinski definition) is 1. The molecule has 0 atom stereocenters. The van der Waals surface area contributed by atoms with Gasteiger partial charge in [0.25, 0.3) is 0 Å². The molecular formula is C15H28N2O2S. The molecule has 0 unspecified atom stereocenters. The van der Waals surface area contributed by atoms with Gasteiger partial charge in [-0.2, -0.15) is 0 Å². The highest BCUT2D eigenvalue weighted by atomic mass is 32.1. The third-order valence-corrected chi connectivity index (χ3v) is 4.28. The maximum Gasteiger partial charge on any atom is 0.224 e. The number of carbonyl (C=O) groups is 1. The van der Waals surface area contributed by atoms with Crippen LogP contribution in [0.25, 0.3) is 0 Å². The first-order valence-electron chi connectivity index (χ1n) is 7.44. The van der Waals surface area contributed by atoms with Crippen LogP contribution in [0.5, 0.6) is 0 Å². The van der Waals surface area contributed by atoms with Gasteiger partial charge < -0.3 is 15.4 Å². The number of hydrogen-bond acceptors (Lipinski definition) is 3. The second kappa shape index (κ2) is 7.93. The lowest BCUT2D eigenvalue weighted by Gasteiger charge is -2.34. The Kier molecular flexibility index (Phi) is 6.89. The van der Waals surface area contributed by atoms with Crippen LogP contribution in [0.4, 0.5) is 0 Å². The molecule has 0 aromatic carbocycles. The zero-order chi connectivity index (χ0) is 15.2. The average Bonchev–Trinajstić information content (AvgIpc) is 2.37. The van der Waals surface area contributed by atoms with Crippen molar-refractivity contribution in [1.82, 2.24) is 4.90 Å². The van der Waals surface area contributed by atoms with Gasteiger partial charge in [0.15, 0.2) is 0 Å².